The Morgan fingerprint density at radius 3 is 1.97 bits per heavy atom. The smallest absolute Gasteiger partial charge is 0.416 e. The maximum atomic E-state index is 13.1. The lowest BCUT2D eigenvalue weighted by Crippen LogP contribution is -2.27. The van der Waals surface area contributed by atoms with Gasteiger partial charge < -0.3 is 15.2 Å². The fourth-order valence-electron chi connectivity index (χ4n) is 2.74. The van der Waals surface area contributed by atoms with E-state index in [2.05, 4.69) is 18.1 Å². The zero-order chi connectivity index (χ0) is 27.0. The fraction of sp³-hybridized carbons (Fsp3) is 0.0952. The lowest BCUT2D eigenvalue weighted by Gasteiger charge is -2.21. The number of hydrogen-bond donors (Lipinski definition) is 3. The highest BCUT2D eigenvalue weighted by Crippen LogP contribution is 2.41. The highest BCUT2D eigenvalue weighted by atomic mass is 35.5. The van der Waals surface area contributed by atoms with Gasteiger partial charge in [0.15, 0.2) is 11.5 Å². The number of nitrogens with one attached hydrogen (secondary N) is 1. The Labute approximate surface area is 219 Å². The Kier molecular flexibility index (Phi) is 8.04. The number of urea groups is 1. The number of nitrogens with zero attached hydrogens (tertiary/aromatic N) is 1. The molecule has 0 aliphatic heterocycles. The van der Waals surface area contributed by atoms with Crippen LogP contribution in [0.3, 0.4) is 0 Å². The van der Waals surface area contributed by atoms with Gasteiger partial charge in [-0.15, -0.1) is 0 Å². The zero-order valence-electron chi connectivity index (χ0n) is 17.2. The van der Waals surface area contributed by atoms with Gasteiger partial charge in [0.05, 0.1) is 32.5 Å². The topological polar surface area (TPSA) is 61.8 Å². The van der Waals surface area contributed by atoms with Gasteiger partial charge in [-0.2, -0.15) is 26.3 Å². The molecule has 0 unspecified atom stereocenters. The van der Waals surface area contributed by atoms with Crippen LogP contribution in [-0.4, -0.2) is 11.1 Å². The van der Waals surface area contributed by atoms with Gasteiger partial charge >= 0.3 is 18.4 Å². The summed E-state index contributed by atoms with van der Waals surface area (Å²) >= 11 is 21.6. The number of benzene rings is 3. The summed E-state index contributed by atoms with van der Waals surface area (Å²) in [6, 6.07) is 5.49. The van der Waals surface area contributed by atoms with Crippen LogP contribution in [-0.2, 0) is 12.4 Å². The summed E-state index contributed by atoms with van der Waals surface area (Å²) in [6.07, 6.45) is -10.3. The predicted octanol–water partition coefficient (Wildman–Crippen LogP) is 9.07. The number of hydrogen-bond acceptors (Lipinski definition) is 4. The van der Waals surface area contributed by atoms with Crippen LogP contribution in [0.15, 0.2) is 48.5 Å². The molecule has 15 heteroatoms. The van der Waals surface area contributed by atoms with Crippen molar-refractivity contribution in [2.75, 3.05) is 9.62 Å². The van der Waals surface area contributed by atoms with Crippen LogP contribution < -0.4 is 14.4 Å². The van der Waals surface area contributed by atoms with Crippen molar-refractivity contribution in [3.63, 3.8) is 0 Å². The van der Waals surface area contributed by atoms with Gasteiger partial charge in [-0.3, -0.25) is 0 Å². The Morgan fingerprint density at radius 2 is 1.44 bits per heavy atom. The molecule has 0 spiro atoms. The summed E-state index contributed by atoms with van der Waals surface area (Å²) in [4.78, 5) is 12.6. The molecule has 0 bridgehead atoms. The molecular formula is C21H11Cl3F6N2O3S. The van der Waals surface area contributed by atoms with Crippen LogP contribution in [0, 0.1) is 0 Å². The number of ether oxygens (including phenoxy) is 1. The summed E-state index contributed by atoms with van der Waals surface area (Å²) in [5, 5.41) is 12.4. The molecular weight excluding hydrogens is 581 g/mol. The second-order valence-electron chi connectivity index (χ2n) is 6.98. The monoisotopic (exact) mass is 590 g/mol. The van der Waals surface area contributed by atoms with E-state index >= 15 is 0 Å². The standard InChI is InChI=1S/C21H11Cl3F6N2O3S/c22-11-1-2-17(14(24)6-11)35-18-8-15(13(23)7-16(18)33)31-19(34)32(36)12-4-9(20(25,26)27)3-10(5-12)21(28,29)30/h1-8,33,36H,(H,31,34). The van der Waals surface area contributed by atoms with E-state index in [1.807, 2.05) is 0 Å². The molecule has 0 aromatic heterocycles. The molecule has 0 fully saturated rings. The third-order valence-corrected chi connectivity index (χ3v) is 5.67. The molecule has 3 aromatic rings. The van der Waals surface area contributed by atoms with Gasteiger partial charge in [0.1, 0.15) is 5.75 Å². The molecule has 36 heavy (non-hydrogen) atoms. The quantitative estimate of drug-likeness (QED) is 0.161. The molecule has 0 atom stereocenters. The second-order valence-corrected chi connectivity index (χ2v) is 8.63. The van der Waals surface area contributed by atoms with Gasteiger partial charge in [-0.1, -0.05) is 47.6 Å². The third kappa shape index (κ3) is 6.55. The van der Waals surface area contributed by atoms with Crippen LogP contribution in [0.1, 0.15) is 11.1 Å². The van der Waals surface area contributed by atoms with Crippen LogP contribution in [0.25, 0.3) is 0 Å². The molecule has 5 nitrogen and oxygen atoms in total. The summed E-state index contributed by atoms with van der Waals surface area (Å²) < 4.78 is 84.5. The number of halogens is 9. The largest absolute Gasteiger partial charge is 0.504 e. The summed E-state index contributed by atoms with van der Waals surface area (Å²) in [5.74, 6) is -0.655. The lowest BCUT2D eigenvalue weighted by atomic mass is 10.1. The van der Waals surface area contributed by atoms with E-state index in [9.17, 15) is 36.2 Å². The van der Waals surface area contributed by atoms with Gasteiger partial charge in [0.2, 0.25) is 0 Å². The summed E-state index contributed by atoms with van der Waals surface area (Å²) in [6.45, 7) is 0. The van der Waals surface area contributed by atoms with Crippen LogP contribution >= 0.6 is 47.6 Å². The first kappa shape index (κ1) is 27.9. The molecule has 0 heterocycles. The van der Waals surface area contributed by atoms with Crippen molar-refractivity contribution in [3.8, 4) is 17.2 Å². The Bertz CT molecular complexity index is 1290. The minimum atomic E-state index is -5.13. The first-order valence-corrected chi connectivity index (χ1v) is 10.8. The maximum Gasteiger partial charge on any atom is 0.416 e. The first-order chi connectivity index (χ1) is 16.6. The predicted molar refractivity (Wildman–Crippen MR) is 127 cm³/mol. The van der Waals surface area contributed by atoms with E-state index in [4.69, 9.17) is 39.5 Å². The Hall–Kier alpha value is -2.67. The number of amides is 2. The van der Waals surface area contributed by atoms with Crippen molar-refractivity contribution in [1.29, 1.82) is 0 Å². The fourth-order valence-corrected chi connectivity index (χ4v) is 3.56. The highest BCUT2D eigenvalue weighted by Gasteiger charge is 2.37. The van der Waals surface area contributed by atoms with Crippen molar-refractivity contribution >= 4 is 65.0 Å². The van der Waals surface area contributed by atoms with Crippen molar-refractivity contribution < 1.29 is 41.0 Å². The maximum absolute atomic E-state index is 13.1. The van der Waals surface area contributed by atoms with E-state index in [1.54, 1.807) is 0 Å². The minimum absolute atomic E-state index is 0.0652. The normalized spacial score (nSPS) is 11.8. The number of thiol groups is 1. The second kappa shape index (κ2) is 10.4. The number of rotatable bonds is 4. The van der Waals surface area contributed by atoms with Crippen molar-refractivity contribution in [2.24, 2.45) is 0 Å². The number of carbonyl (C=O) groups is 1. The van der Waals surface area contributed by atoms with Gasteiger partial charge in [0, 0.05) is 17.2 Å². The molecule has 0 saturated carbocycles. The average molecular weight is 592 g/mol. The summed E-state index contributed by atoms with van der Waals surface area (Å²) in [7, 11) is 0. The van der Waals surface area contributed by atoms with Crippen LogP contribution in [0.2, 0.25) is 15.1 Å². The Morgan fingerprint density at radius 1 is 0.861 bits per heavy atom. The number of carbonyl (C=O) groups excluding carboxylic acids is 1. The molecule has 0 aliphatic rings. The molecule has 0 aliphatic carbocycles. The zero-order valence-corrected chi connectivity index (χ0v) is 20.3. The van der Waals surface area contributed by atoms with Crippen molar-refractivity contribution in [2.45, 2.75) is 12.4 Å². The summed E-state index contributed by atoms with van der Waals surface area (Å²) in [5.41, 5.74) is -4.33. The lowest BCUT2D eigenvalue weighted by molar-refractivity contribution is -0.143. The van der Waals surface area contributed by atoms with Crippen LogP contribution in [0.5, 0.6) is 17.2 Å². The van der Waals surface area contributed by atoms with Crippen molar-refractivity contribution in [1.82, 2.24) is 0 Å². The van der Waals surface area contributed by atoms with Gasteiger partial charge in [-0.25, -0.2) is 9.10 Å². The minimum Gasteiger partial charge on any atom is -0.504 e. The first-order valence-electron chi connectivity index (χ1n) is 9.31. The van der Waals surface area contributed by atoms with Gasteiger partial charge in [-0.05, 0) is 36.4 Å². The van der Waals surface area contributed by atoms with E-state index in [1.165, 1.54) is 18.2 Å². The van der Waals surface area contributed by atoms with Gasteiger partial charge in [0.25, 0.3) is 0 Å². The van der Waals surface area contributed by atoms with E-state index in [0.29, 0.717) is 17.2 Å². The van der Waals surface area contributed by atoms with E-state index in [0.717, 1.165) is 12.1 Å². The molecule has 192 valence electrons. The van der Waals surface area contributed by atoms with Crippen molar-refractivity contribution in [3.05, 3.63) is 74.7 Å². The van der Waals surface area contributed by atoms with Crippen LogP contribution in [0.4, 0.5) is 42.5 Å². The molecule has 2 amide bonds. The molecule has 0 radical (unpaired) electrons. The number of alkyl halides is 6. The average Bonchev–Trinajstić information content (AvgIpc) is 2.76. The molecule has 2 N–H and O–H groups in total. The third-order valence-electron chi connectivity index (χ3n) is 4.41. The Balaban J connectivity index is 1.92. The number of anilines is 2. The molecule has 3 rings (SSSR count). The molecule has 3 aromatic carbocycles. The van der Waals surface area contributed by atoms with E-state index in [-0.39, 0.29) is 37.6 Å². The molecule has 0 saturated heterocycles. The number of aromatic hydroxyl groups is 1. The number of phenols is 1. The highest BCUT2D eigenvalue weighted by molar-refractivity contribution is 7.82. The van der Waals surface area contributed by atoms with E-state index < -0.39 is 40.9 Å². The SMILES string of the molecule is O=C(Nc1cc(Oc2ccc(Cl)cc2Cl)c(O)cc1Cl)N(S)c1cc(C(F)(F)F)cc(C(F)(F)F)c1. The number of phenolic OH excluding ortho intramolecular Hbond substituents is 1.